The maximum Gasteiger partial charge on any atom is 0.257 e. The average molecular weight is 287 g/mol. The van der Waals surface area contributed by atoms with Gasteiger partial charge in [0.1, 0.15) is 5.75 Å². The van der Waals surface area contributed by atoms with Gasteiger partial charge in [-0.3, -0.25) is 4.79 Å². The van der Waals surface area contributed by atoms with Crippen molar-refractivity contribution in [1.82, 2.24) is 10.2 Å². The molecule has 0 radical (unpaired) electrons. The van der Waals surface area contributed by atoms with Crippen LogP contribution in [0.4, 0.5) is 5.69 Å². The summed E-state index contributed by atoms with van der Waals surface area (Å²) in [5.74, 6) is -0.173. The van der Waals surface area contributed by atoms with Crippen molar-refractivity contribution in [3.63, 3.8) is 0 Å². The fourth-order valence-corrected chi connectivity index (χ4v) is 1.71. The smallest absolute Gasteiger partial charge is 0.257 e. The van der Waals surface area contributed by atoms with Crippen LogP contribution < -0.4 is 15.8 Å². The fourth-order valence-electron chi connectivity index (χ4n) is 1.71. The van der Waals surface area contributed by atoms with E-state index in [1.54, 1.807) is 18.2 Å². The summed E-state index contributed by atoms with van der Waals surface area (Å²) in [7, 11) is 1.45. The summed E-state index contributed by atoms with van der Waals surface area (Å²) in [6, 6.07) is 6.42. The SMILES string of the molecule is COc1cccc(/C(N)=N/O)c1NC(=O)c1ccnnc1. The van der Waals surface area contributed by atoms with Gasteiger partial charge in [-0.15, -0.1) is 0 Å². The highest BCUT2D eigenvalue weighted by atomic mass is 16.5. The molecule has 0 fully saturated rings. The molecular formula is C13H13N5O3. The fraction of sp³-hybridized carbons (Fsp3) is 0.0769. The molecule has 1 aromatic carbocycles. The van der Waals surface area contributed by atoms with Gasteiger partial charge in [0.2, 0.25) is 0 Å². The minimum Gasteiger partial charge on any atom is -0.495 e. The number of para-hydroxylation sites is 1. The predicted octanol–water partition coefficient (Wildman–Crippen LogP) is 0.832. The van der Waals surface area contributed by atoms with Crippen LogP contribution in [0.25, 0.3) is 0 Å². The number of methoxy groups -OCH3 is 1. The average Bonchev–Trinajstić information content (AvgIpc) is 2.55. The van der Waals surface area contributed by atoms with Crippen LogP contribution in [0.15, 0.2) is 41.8 Å². The van der Waals surface area contributed by atoms with Gasteiger partial charge in [-0.25, -0.2) is 0 Å². The van der Waals surface area contributed by atoms with E-state index in [0.717, 1.165) is 0 Å². The first-order valence-electron chi connectivity index (χ1n) is 5.90. The highest BCUT2D eigenvalue weighted by Crippen LogP contribution is 2.28. The number of hydrogen-bond donors (Lipinski definition) is 3. The molecule has 0 aliphatic carbocycles. The second-order valence-corrected chi connectivity index (χ2v) is 3.95. The van der Waals surface area contributed by atoms with E-state index in [-0.39, 0.29) is 5.84 Å². The first-order chi connectivity index (χ1) is 10.2. The first-order valence-corrected chi connectivity index (χ1v) is 5.90. The van der Waals surface area contributed by atoms with Gasteiger partial charge >= 0.3 is 0 Å². The Morgan fingerprint density at radius 1 is 1.38 bits per heavy atom. The van der Waals surface area contributed by atoms with Gasteiger partial charge in [-0.1, -0.05) is 11.2 Å². The number of carbonyl (C=O) groups excluding carboxylic acids is 1. The Labute approximate surface area is 120 Å². The Bertz CT molecular complexity index is 673. The summed E-state index contributed by atoms with van der Waals surface area (Å²) in [5, 5.41) is 21.7. The van der Waals surface area contributed by atoms with Crippen LogP contribution >= 0.6 is 0 Å². The van der Waals surface area contributed by atoms with Gasteiger partial charge in [-0.2, -0.15) is 10.2 Å². The van der Waals surface area contributed by atoms with Crippen LogP contribution in [0.1, 0.15) is 15.9 Å². The van der Waals surface area contributed by atoms with Crippen molar-refractivity contribution in [2.75, 3.05) is 12.4 Å². The van der Waals surface area contributed by atoms with E-state index in [9.17, 15) is 4.79 Å². The maximum atomic E-state index is 12.2. The lowest BCUT2D eigenvalue weighted by Gasteiger charge is -2.14. The molecule has 0 atom stereocenters. The number of nitrogens with two attached hydrogens (primary N) is 1. The number of ether oxygens (including phenoxy) is 1. The zero-order chi connectivity index (χ0) is 15.2. The Balaban J connectivity index is 2.41. The molecule has 4 N–H and O–H groups in total. The maximum absolute atomic E-state index is 12.2. The topological polar surface area (TPSA) is 123 Å². The largest absolute Gasteiger partial charge is 0.495 e. The minimum absolute atomic E-state index is 0.142. The third kappa shape index (κ3) is 3.06. The first kappa shape index (κ1) is 14.3. The predicted molar refractivity (Wildman–Crippen MR) is 75.5 cm³/mol. The molecule has 0 saturated heterocycles. The van der Waals surface area contributed by atoms with E-state index >= 15 is 0 Å². The van der Waals surface area contributed by atoms with E-state index in [1.165, 1.54) is 25.6 Å². The summed E-state index contributed by atoms with van der Waals surface area (Å²) in [6.07, 6.45) is 2.73. The quantitative estimate of drug-likeness (QED) is 0.331. The summed E-state index contributed by atoms with van der Waals surface area (Å²) in [4.78, 5) is 12.2. The molecule has 2 aromatic rings. The zero-order valence-electron chi connectivity index (χ0n) is 11.1. The highest BCUT2D eigenvalue weighted by Gasteiger charge is 2.16. The lowest BCUT2D eigenvalue weighted by molar-refractivity contribution is 0.102. The van der Waals surface area contributed by atoms with Gasteiger partial charge in [0, 0.05) is 5.56 Å². The van der Waals surface area contributed by atoms with E-state index in [0.29, 0.717) is 22.6 Å². The number of carbonyl (C=O) groups is 1. The van der Waals surface area contributed by atoms with Crippen molar-refractivity contribution in [2.24, 2.45) is 10.9 Å². The highest BCUT2D eigenvalue weighted by molar-refractivity contribution is 6.10. The van der Waals surface area contributed by atoms with E-state index in [2.05, 4.69) is 20.7 Å². The number of amides is 1. The number of amidine groups is 1. The molecule has 8 heteroatoms. The standard InChI is InChI=1S/C13H13N5O3/c1-21-10-4-2-3-9(12(14)18-20)11(10)17-13(19)8-5-6-15-16-7-8/h2-7,20H,1H3,(H2,14,18)(H,17,19). The van der Waals surface area contributed by atoms with Crippen molar-refractivity contribution in [3.8, 4) is 5.75 Å². The van der Waals surface area contributed by atoms with Gasteiger partial charge in [-0.05, 0) is 18.2 Å². The van der Waals surface area contributed by atoms with Crippen LogP contribution in [0, 0.1) is 0 Å². The third-order valence-electron chi connectivity index (χ3n) is 2.71. The minimum atomic E-state index is -0.415. The van der Waals surface area contributed by atoms with Crippen molar-refractivity contribution in [2.45, 2.75) is 0 Å². The summed E-state index contributed by atoms with van der Waals surface area (Å²) in [6.45, 7) is 0. The van der Waals surface area contributed by atoms with E-state index in [1.807, 2.05) is 0 Å². The molecule has 0 spiro atoms. The molecule has 108 valence electrons. The number of rotatable bonds is 4. The normalized spacial score (nSPS) is 11.0. The van der Waals surface area contributed by atoms with Crippen LogP contribution in [-0.4, -0.2) is 34.3 Å². The monoisotopic (exact) mass is 287 g/mol. The Morgan fingerprint density at radius 3 is 2.81 bits per heavy atom. The van der Waals surface area contributed by atoms with Gasteiger partial charge in [0.05, 0.1) is 30.8 Å². The number of oxime groups is 1. The van der Waals surface area contributed by atoms with Crippen molar-refractivity contribution < 1.29 is 14.7 Å². The van der Waals surface area contributed by atoms with Crippen LogP contribution in [0.5, 0.6) is 5.75 Å². The summed E-state index contributed by atoms with van der Waals surface area (Å²) < 4.78 is 5.18. The van der Waals surface area contributed by atoms with Crippen LogP contribution in [-0.2, 0) is 0 Å². The molecule has 1 amide bonds. The number of nitrogens with one attached hydrogen (secondary N) is 1. The molecule has 0 unspecified atom stereocenters. The number of anilines is 1. The van der Waals surface area contributed by atoms with Gasteiger partial charge in [0.25, 0.3) is 5.91 Å². The van der Waals surface area contributed by atoms with Gasteiger partial charge in [0.15, 0.2) is 5.84 Å². The number of hydrogen-bond acceptors (Lipinski definition) is 6. The van der Waals surface area contributed by atoms with Crippen LogP contribution in [0.2, 0.25) is 0 Å². The number of nitrogens with zero attached hydrogens (tertiary/aromatic N) is 3. The molecule has 0 bridgehead atoms. The lowest BCUT2D eigenvalue weighted by atomic mass is 10.1. The second-order valence-electron chi connectivity index (χ2n) is 3.95. The van der Waals surface area contributed by atoms with E-state index < -0.39 is 5.91 Å². The zero-order valence-corrected chi connectivity index (χ0v) is 11.1. The summed E-state index contributed by atoms with van der Waals surface area (Å²) in [5.41, 5.74) is 6.57. The summed E-state index contributed by atoms with van der Waals surface area (Å²) >= 11 is 0. The number of aromatic nitrogens is 2. The Kier molecular flexibility index (Phi) is 4.30. The van der Waals surface area contributed by atoms with Crippen molar-refractivity contribution in [1.29, 1.82) is 0 Å². The molecular weight excluding hydrogens is 274 g/mol. The van der Waals surface area contributed by atoms with E-state index in [4.69, 9.17) is 15.7 Å². The second kappa shape index (κ2) is 6.33. The molecule has 21 heavy (non-hydrogen) atoms. The van der Waals surface area contributed by atoms with Crippen molar-refractivity contribution >= 4 is 17.4 Å². The molecule has 0 saturated carbocycles. The molecule has 1 aromatic heterocycles. The Hall–Kier alpha value is -3.16. The lowest BCUT2D eigenvalue weighted by Crippen LogP contribution is -2.20. The van der Waals surface area contributed by atoms with Crippen molar-refractivity contribution in [3.05, 3.63) is 47.8 Å². The Morgan fingerprint density at radius 2 is 2.19 bits per heavy atom. The molecule has 8 nitrogen and oxygen atoms in total. The molecule has 0 aliphatic heterocycles. The van der Waals surface area contributed by atoms with Gasteiger partial charge < -0.3 is 21.0 Å². The molecule has 2 rings (SSSR count). The molecule has 1 heterocycles. The molecule has 0 aliphatic rings. The number of benzene rings is 1. The van der Waals surface area contributed by atoms with Crippen LogP contribution in [0.3, 0.4) is 0 Å². The third-order valence-corrected chi connectivity index (χ3v) is 2.71.